The van der Waals surface area contributed by atoms with Gasteiger partial charge in [0.2, 0.25) is 0 Å². The van der Waals surface area contributed by atoms with E-state index in [1.165, 1.54) is 244 Å². The van der Waals surface area contributed by atoms with Gasteiger partial charge in [-0.15, -0.1) is 0 Å². The average molecular weight is 1310 g/mol. The molecule has 16 fully saturated rings. The predicted molar refractivity (Wildman–Crippen MR) is 408 cm³/mol. The van der Waals surface area contributed by atoms with Crippen molar-refractivity contribution in [2.75, 3.05) is 0 Å². The van der Waals surface area contributed by atoms with Gasteiger partial charge < -0.3 is 0 Å². The fraction of sp³-hybridized carbons (Fsp3) is 0.957. The highest BCUT2D eigenvalue weighted by Crippen LogP contribution is 2.65. The van der Waals surface area contributed by atoms with Crippen molar-refractivity contribution in [2.24, 2.45) is 118 Å². The van der Waals surface area contributed by atoms with Crippen LogP contribution in [0.1, 0.15) is 411 Å². The summed E-state index contributed by atoms with van der Waals surface area (Å²) < 4.78 is 0. The molecule has 542 valence electrons. The SMILES string of the molecule is C(=C(C1CCCCC1)C1CCCCC1)C1CCC(N(C2CCCCC2)C2CCC(C3CCC(C4CC5C6CCCCC6C(C6CCC(C7CCC(N(C8CCCCC8)C8CCC(C=C(C9CCCCC9)C9CCCCC9)CC8)CC7)CC6)CC5C5CCCCC45)CC3)CC2)CC1. The molecule has 0 spiro atoms. The van der Waals surface area contributed by atoms with Crippen molar-refractivity contribution in [3.8, 4) is 0 Å². The number of nitrogens with zero attached hydrogens (tertiary/aromatic N) is 2. The van der Waals surface area contributed by atoms with E-state index in [-0.39, 0.29) is 0 Å². The summed E-state index contributed by atoms with van der Waals surface area (Å²) in [6.45, 7) is 0. The van der Waals surface area contributed by atoms with Gasteiger partial charge in [0.1, 0.15) is 0 Å². The summed E-state index contributed by atoms with van der Waals surface area (Å²) in [7, 11) is 0. The third kappa shape index (κ3) is 16.3. The molecule has 16 rings (SSSR count). The van der Waals surface area contributed by atoms with E-state index in [4.69, 9.17) is 0 Å². The Bertz CT molecular complexity index is 2130. The molecule has 8 unspecified atom stereocenters. The fourth-order valence-electron chi connectivity index (χ4n) is 30.9. The quantitative estimate of drug-likeness (QED) is 0.142. The maximum Gasteiger partial charge on any atom is 0.0102 e. The molecule has 16 aliphatic rings. The zero-order valence-electron chi connectivity index (χ0n) is 63.3. The molecular weight excluding hydrogens is 1160 g/mol. The second kappa shape index (κ2) is 34.1. The molecule has 2 heteroatoms. The molecule has 0 aromatic carbocycles. The largest absolute Gasteiger partial charge is 0.294 e. The van der Waals surface area contributed by atoms with Gasteiger partial charge in [-0.3, -0.25) is 9.80 Å². The van der Waals surface area contributed by atoms with Crippen molar-refractivity contribution in [1.29, 1.82) is 0 Å². The van der Waals surface area contributed by atoms with E-state index in [0.29, 0.717) is 0 Å². The molecule has 16 aliphatic carbocycles. The summed E-state index contributed by atoms with van der Waals surface area (Å²) in [4.78, 5) is 6.67. The third-order valence-corrected chi connectivity index (χ3v) is 35.6. The van der Waals surface area contributed by atoms with Crippen LogP contribution in [0.4, 0.5) is 0 Å². The van der Waals surface area contributed by atoms with Gasteiger partial charge in [0.25, 0.3) is 0 Å². The first-order valence-corrected chi connectivity index (χ1v) is 46.6. The minimum absolute atomic E-state index is 0.887. The lowest BCUT2D eigenvalue weighted by Crippen LogP contribution is -2.54. The van der Waals surface area contributed by atoms with Crippen molar-refractivity contribution in [2.45, 2.75) is 447 Å². The monoisotopic (exact) mass is 1310 g/mol. The highest BCUT2D eigenvalue weighted by atomic mass is 15.2. The Morgan fingerprint density at radius 2 is 0.375 bits per heavy atom. The van der Waals surface area contributed by atoms with Crippen LogP contribution in [0.15, 0.2) is 23.3 Å². The first kappa shape index (κ1) is 69.8. The second-order valence-electron chi connectivity index (χ2n) is 40.1. The maximum atomic E-state index is 3.33. The molecule has 0 aromatic rings. The standard InChI is InChI=1S/C94H156N2/c1-7-23-73(24-8-1)89(74-25-9-2-10-26-74)63-67-39-55-81(56-40-67)95(79-31-15-5-16-32-79)83-59-51-71(52-60-83)69-43-47-77(48-44-69)91-65-93-88-38-22-20-36-86(88)92(66-94(93)87-37-21-19-35-85(87)91)78-49-45-70(46-50-78)72-53-61-84(62-54-72)96(80-33-17-6-18-34-80)82-57-41-68(42-58-82)64-90(75-27-11-3-12-28-75)76-29-13-4-14-30-76/h63-64,67-88,91-94H,1-62,65-66H2. The van der Waals surface area contributed by atoms with Gasteiger partial charge >= 0.3 is 0 Å². The molecule has 0 bridgehead atoms. The highest BCUT2D eigenvalue weighted by Gasteiger charge is 2.56. The van der Waals surface area contributed by atoms with Crippen LogP contribution in [0, 0.1) is 118 Å². The van der Waals surface area contributed by atoms with Crippen molar-refractivity contribution >= 4 is 0 Å². The first-order chi connectivity index (χ1) is 47.6. The predicted octanol–water partition coefficient (Wildman–Crippen LogP) is 27.2. The van der Waals surface area contributed by atoms with Crippen LogP contribution in [-0.2, 0) is 0 Å². The molecule has 0 saturated heterocycles. The summed E-state index contributed by atoms with van der Waals surface area (Å²) in [5, 5.41) is 0. The van der Waals surface area contributed by atoms with Crippen molar-refractivity contribution < 1.29 is 0 Å². The van der Waals surface area contributed by atoms with Crippen LogP contribution >= 0.6 is 0 Å². The lowest BCUT2D eigenvalue weighted by atomic mass is 9.44. The summed E-state index contributed by atoms with van der Waals surface area (Å²) in [6, 6.07) is 5.40. The molecule has 0 heterocycles. The Balaban J connectivity index is 0.506. The Morgan fingerprint density at radius 1 is 0.167 bits per heavy atom. The third-order valence-electron chi connectivity index (χ3n) is 35.6. The van der Waals surface area contributed by atoms with Gasteiger partial charge in [0, 0.05) is 36.3 Å². The Morgan fingerprint density at radius 3 is 0.656 bits per heavy atom. The van der Waals surface area contributed by atoms with Gasteiger partial charge in [0.15, 0.2) is 0 Å². The smallest absolute Gasteiger partial charge is 0.0102 e. The molecule has 0 amide bonds. The first-order valence-electron chi connectivity index (χ1n) is 46.6. The number of hydrogen-bond acceptors (Lipinski definition) is 2. The van der Waals surface area contributed by atoms with Crippen molar-refractivity contribution in [1.82, 2.24) is 9.80 Å². The van der Waals surface area contributed by atoms with Crippen LogP contribution < -0.4 is 0 Å². The molecule has 2 nitrogen and oxygen atoms in total. The van der Waals surface area contributed by atoms with E-state index in [1.807, 2.05) is 11.1 Å². The van der Waals surface area contributed by atoms with Crippen molar-refractivity contribution in [3.63, 3.8) is 0 Å². The van der Waals surface area contributed by atoms with Gasteiger partial charge in [-0.1, -0.05) is 165 Å². The Hall–Kier alpha value is -0.600. The lowest BCUT2D eigenvalue weighted by molar-refractivity contribution is -0.120. The van der Waals surface area contributed by atoms with E-state index >= 15 is 0 Å². The van der Waals surface area contributed by atoms with Crippen molar-refractivity contribution in [3.05, 3.63) is 23.3 Å². The van der Waals surface area contributed by atoms with E-state index < -0.39 is 0 Å². The van der Waals surface area contributed by atoms with Gasteiger partial charge in [0.05, 0.1) is 0 Å². The summed E-state index contributed by atoms with van der Waals surface area (Å²) in [5.74, 6) is 20.8. The molecule has 0 N–H and O–H groups in total. The molecule has 0 radical (unpaired) electrons. The zero-order valence-corrected chi connectivity index (χ0v) is 63.3. The highest BCUT2D eigenvalue weighted by molar-refractivity contribution is 5.17. The zero-order chi connectivity index (χ0) is 64.0. The minimum Gasteiger partial charge on any atom is -0.294 e. The minimum atomic E-state index is 0.887. The second-order valence-corrected chi connectivity index (χ2v) is 40.1. The topological polar surface area (TPSA) is 6.48 Å². The van der Waals surface area contributed by atoms with Crippen LogP contribution in [0.2, 0.25) is 0 Å². The molecule has 16 saturated carbocycles. The van der Waals surface area contributed by atoms with Crippen LogP contribution in [0.25, 0.3) is 0 Å². The van der Waals surface area contributed by atoms with Crippen LogP contribution in [0.5, 0.6) is 0 Å². The summed E-state index contributed by atoms with van der Waals surface area (Å²) >= 11 is 0. The van der Waals surface area contributed by atoms with E-state index in [2.05, 4.69) is 22.0 Å². The van der Waals surface area contributed by atoms with Gasteiger partial charge in [-0.25, -0.2) is 0 Å². The van der Waals surface area contributed by atoms with E-state index in [9.17, 15) is 0 Å². The summed E-state index contributed by atoms with van der Waals surface area (Å²) in [5.41, 5.74) is 4.02. The normalized spacial score (nSPS) is 43.0. The van der Waals surface area contributed by atoms with Gasteiger partial charge in [-0.2, -0.15) is 0 Å². The van der Waals surface area contributed by atoms with Crippen LogP contribution in [0.3, 0.4) is 0 Å². The number of rotatable bonds is 16. The molecule has 0 aliphatic heterocycles. The molecular formula is C94H156N2. The maximum absolute atomic E-state index is 3.33. The molecule has 0 aromatic heterocycles. The number of fused-ring (bicyclic) bond motifs is 5. The average Bonchev–Trinajstić information content (AvgIpc) is 0.771. The van der Waals surface area contributed by atoms with E-state index in [1.54, 1.807) is 167 Å². The van der Waals surface area contributed by atoms with E-state index in [0.717, 1.165) is 155 Å². The molecule has 8 atom stereocenters. The Kier molecular flexibility index (Phi) is 24.8. The number of allylic oxidation sites excluding steroid dienone is 4. The number of hydrogen-bond donors (Lipinski definition) is 0. The van der Waals surface area contributed by atoms with Gasteiger partial charge in [-0.05, 0) is 388 Å². The lowest BCUT2D eigenvalue weighted by Gasteiger charge is -2.61. The fourth-order valence-corrected chi connectivity index (χ4v) is 30.9. The Labute approximate surface area is 595 Å². The van der Waals surface area contributed by atoms with Crippen LogP contribution in [-0.4, -0.2) is 46.1 Å². The summed E-state index contributed by atoms with van der Waals surface area (Å²) in [6.07, 6.45) is 105. The molecule has 96 heavy (non-hydrogen) atoms.